The van der Waals surface area contributed by atoms with Crippen LogP contribution in [0.5, 0.6) is 11.5 Å². The Hall–Kier alpha value is -3.08. The first-order valence-corrected chi connectivity index (χ1v) is 7.52. The van der Waals surface area contributed by atoms with Crippen molar-refractivity contribution in [2.24, 2.45) is 0 Å². The first-order valence-electron chi connectivity index (χ1n) is 7.52. The van der Waals surface area contributed by atoms with Gasteiger partial charge in [0.2, 0.25) is 5.91 Å². The maximum Gasteiger partial charge on any atom is 0.221 e. The number of hydrogen-bond donors (Lipinski definition) is 1. The molecule has 1 heterocycles. The monoisotopic (exact) mass is 322 g/mol. The molecule has 0 spiro atoms. The molecule has 0 unspecified atom stereocenters. The molecule has 0 aliphatic carbocycles. The van der Waals surface area contributed by atoms with Crippen LogP contribution in [0.3, 0.4) is 0 Å². The van der Waals surface area contributed by atoms with Crippen molar-refractivity contribution in [1.82, 2.24) is 4.98 Å². The summed E-state index contributed by atoms with van der Waals surface area (Å²) in [6.07, 6.45) is 0. The molecular weight excluding hydrogens is 304 g/mol. The third-order valence-corrected chi connectivity index (χ3v) is 3.68. The van der Waals surface area contributed by atoms with Crippen LogP contribution >= 0.6 is 0 Å². The van der Waals surface area contributed by atoms with E-state index < -0.39 is 0 Å². The highest BCUT2D eigenvalue weighted by atomic mass is 16.5. The first kappa shape index (κ1) is 15.8. The number of rotatable bonds is 4. The number of ether oxygens (including phenoxy) is 2. The largest absolute Gasteiger partial charge is 0.493 e. The van der Waals surface area contributed by atoms with E-state index in [0.29, 0.717) is 22.9 Å². The second kappa shape index (κ2) is 6.58. The van der Waals surface area contributed by atoms with Crippen molar-refractivity contribution in [3.63, 3.8) is 0 Å². The molecule has 0 saturated carbocycles. The van der Waals surface area contributed by atoms with Gasteiger partial charge in [-0.05, 0) is 12.1 Å². The van der Waals surface area contributed by atoms with Gasteiger partial charge in [0.05, 0.1) is 31.1 Å². The lowest BCUT2D eigenvalue weighted by Crippen LogP contribution is -2.08. The number of benzene rings is 2. The smallest absolute Gasteiger partial charge is 0.221 e. The summed E-state index contributed by atoms with van der Waals surface area (Å²) in [6.45, 7) is 1.48. The third kappa shape index (κ3) is 3.01. The van der Waals surface area contributed by atoms with Gasteiger partial charge in [0, 0.05) is 23.9 Å². The van der Waals surface area contributed by atoms with E-state index in [1.807, 2.05) is 48.5 Å². The maximum absolute atomic E-state index is 11.6. The summed E-state index contributed by atoms with van der Waals surface area (Å²) in [5.41, 5.74) is 3.07. The predicted octanol–water partition coefficient (Wildman–Crippen LogP) is 3.88. The third-order valence-electron chi connectivity index (χ3n) is 3.68. The number of amides is 1. The van der Waals surface area contributed by atoms with Crippen LogP contribution in [0, 0.1) is 0 Å². The number of fused-ring (bicyclic) bond motifs is 1. The fourth-order valence-electron chi connectivity index (χ4n) is 2.60. The topological polar surface area (TPSA) is 60.5 Å². The van der Waals surface area contributed by atoms with Crippen LogP contribution < -0.4 is 14.8 Å². The molecular formula is C19H18N2O3. The fraction of sp³-hybridized carbons (Fsp3) is 0.158. The lowest BCUT2D eigenvalue weighted by molar-refractivity contribution is -0.114. The van der Waals surface area contributed by atoms with Gasteiger partial charge in [0.15, 0.2) is 11.5 Å². The molecule has 0 aliphatic heterocycles. The summed E-state index contributed by atoms with van der Waals surface area (Å²) in [5, 5.41) is 3.71. The van der Waals surface area contributed by atoms with E-state index in [4.69, 9.17) is 14.5 Å². The molecule has 1 N–H and O–H groups in total. The molecule has 0 radical (unpaired) electrons. The normalized spacial score (nSPS) is 10.5. The standard InChI is InChI=1S/C19H18N2O3/c1-12(22)20-16-9-14-10-17(23-2)18(24-3)11-15(14)21-19(16)13-7-5-4-6-8-13/h4-11H,1-3H3,(H,20,22). The highest BCUT2D eigenvalue weighted by Gasteiger charge is 2.13. The number of carbonyl (C=O) groups is 1. The van der Waals surface area contributed by atoms with Gasteiger partial charge in [-0.15, -0.1) is 0 Å². The van der Waals surface area contributed by atoms with E-state index in [0.717, 1.165) is 16.5 Å². The van der Waals surface area contributed by atoms with Crippen molar-refractivity contribution in [3.05, 3.63) is 48.5 Å². The van der Waals surface area contributed by atoms with Gasteiger partial charge in [0.1, 0.15) is 0 Å². The van der Waals surface area contributed by atoms with Gasteiger partial charge >= 0.3 is 0 Å². The Kier molecular flexibility index (Phi) is 4.33. The maximum atomic E-state index is 11.6. The van der Waals surface area contributed by atoms with E-state index in [-0.39, 0.29) is 5.91 Å². The van der Waals surface area contributed by atoms with Crippen molar-refractivity contribution in [1.29, 1.82) is 0 Å². The Morgan fingerprint density at radius 1 is 1.00 bits per heavy atom. The van der Waals surface area contributed by atoms with E-state index in [2.05, 4.69) is 5.32 Å². The average Bonchev–Trinajstić information content (AvgIpc) is 2.60. The number of methoxy groups -OCH3 is 2. The molecule has 2 aromatic carbocycles. The summed E-state index contributed by atoms with van der Waals surface area (Å²) in [5.74, 6) is 1.09. The first-order chi connectivity index (χ1) is 11.6. The summed E-state index contributed by atoms with van der Waals surface area (Å²) in [4.78, 5) is 16.3. The van der Waals surface area contributed by atoms with Gasteiger partial charge in [-0.25, -0.2) is 4.98 Å². The summed E-state index contributed by atoms with van der Waals surface area (Å²) in [7, 11) is 3.18. The molecule has 5 nitrogen and oxygen atoms in total. The molecule has 3 rings (SSSR count). The van der Waals surface area contributed by atoms with Gasteiger partial charge in [-0.3, -0.25) is 4.79 Å². The Morgan fingerprint density at radius 2 is 1.67 bits per heavy atom. The lowest BCUT2D eigenvalue weighted by atomic mass is 10.1. The average molecular weight is 322 g/mol. The zero-order valence-electron chi connectivity index (χ0n) is 13.8. The highest BCUT2D eigenvalue weighted by molar-refractivity contribution is 5.98. The van der Waals surface area contributed by atoms with Crippen molar-refractivity contribution < 1.29 is 14.3 Å². The Labute approximate surface area is 140 Å². The zero-order chi connectivity index (χ0) is 17.1. The van der Waals surface area contributed by atoms with Crippen molar-refractivity contribution >= 4 is 22.5 Å². The summed E-state index contributed by atoms with van der Waals surface area (Å²) >= 11 is 0. The molecule has 1 aromatic heterocycles. The zero-order valence-corrected chi connectivity index (χ0v) is 13.8. The quantitative estimate of drug-likeness (QED) is 0.792. The minimum Gasteiger partial charge on any atom is -0.493 e. The van der Waals surface area contributed by atoms with Crippen LogP contribution in [-0.4, -0.2) is 25.1 Å². The van der Waals surface area contributed by atoms with Crippen LogP contribution in [-0.2, 0) is 4.79 Å². The number of pyridine rings is 1. The molecule has 0 atom stereocenters. The highest BCUT2D eigenvalue weighted by Crippen LogP contribution is 2.35. The van der Waals surface area contributed by atoms with Crippen LogP contribution in [0.1, 0.15) is 6.92 Å². The second-order valence-electron chi connectivity index (χ2n) is 5.33. The number of carbonyl (C=O) groups excluding carboxylic acids is 1. The number of hydrogen-bond acceptors (Lipinski definition) is 4. The molecule has 0 fully saturated rings. The van der Waals surface area contributed by atoms with Crippen LogP contribution in [0.25, 0.3) is 22.2 Å². The summed E-state index contributed by atoms with van der Waals surface area (Å²) < 4.78 is 10.7. The minimum atomic E-state index is -0.145. The summed E-state index contributed by atoms with van der Waals surface area (Å²) in [6, 6.07) is 15.3. The second-order valence-corrected chi connectivity index (χ2v) is 5.33. The predicted molar refractivity (Wildman–Crippen MR) is 94.6 cm³/mol. The van der Waals surface area contributed by atoms with Crippen molar-refractivity contribution in [3.8, 4) is 22.8 Å². The van der Waals surface area contributed by atoms with Gasteiger partial charge < -0.3 is 14.8 Å². The van der Waals surface area contributed by atoms with Crippen LogP contribution in [0.15, 0.2) is 48.5 Å². The number of aromatic nitrogens is 1. The van der Waals surface area contributed by atoms with Gasteiger partial charge in [-0.2, -0.15) is 0 Å². The van der Waals surface area contributed by atoms with Gasteiger partial charge in [-0.1, -0.05) is 30.3 Å². The SMILES string of the molecule is COc1cc2cc(NC(C)=O)c(-c3ccccc3)nc2cc1OC. The van der Waals surface area contributed by atoms with E-state index >= 15 is 0 Å². The van der Waals surface area contributed by atoms with E-state index in [1.165, 1.54) is 6.92 Å². The molecule has 122 valence electrons. The number of nitrogens with one attached hydrogen (secondary N) is 1. The fourth-order valence-corrected chi connectivity index (χ4v) is 2.60. The Bertz CT molecular complexity index is 892. The molecule has 1 amide bonds. The minimum absolute atomic E-state index is 0.145. The van der Waals surface area contributed by atoms with E-state index in [9.17, 15) is 4.79 Å². The lowest BCUT2D eigenvalue weighted by Gasteiger charge is -2.13. The molecule has 0 saturated heterocycles. The van der Waals surface area contributed by atoms with Crippen LogP contribution in [0.2, 0.25) is 0 Å². The number of anilines is 1. The van der Waals surface area contributed by atoms with Crippen molar-refractivity contribution in [2.75, 3.05) is 19.5 Å². The molecule has 5 heteroatoms. The number of nitrogens with zero attached hydrogens (tertiary/aromatic N) is 1. The molecule has 0 aliphatic rings. The van der Waals surface area contributed by atoms with Crippen LogP contribution in [0.4, 0.5) is 5.69 Å². The Balaban J connectivity index is 2.26. The Morgan fingerprint density at radius 3 is 2.29 bits per heavy atom. The molecule has 24 heavy (non-hydrogen) atoms. The molecule has 0 bridgehead atoms. The van der Waals surface area contributed by atoms with Gasteiger partial charge in [0.25, 0.3) is 0 Å². The van der Waals surface area contributed by atoms with E-state index in [1.54, 1.807) is 14.2 Å². The van der Waals surface area contributed by atoms with Crippen molar-refractivity contribution in [2.45, 2.75) is 6.92 Å². The molecule has 3 aromatic rings.